The lowest BCUT2D eigenvalue weighted by Crippen LogP contribution is -1.96. The zero-order valence-corrected chi connectivity index (χ0v) is 9.85. The number of nitro groups is 1. The molecular formula is C9H12NO5P. The first-order chi connectivity index (χ1) is 7.44. The molecule has 1 aromatic carbocycles. The Labute approximate surface area is 92.9 Å². The van der Waals surface area contributed by atoms with Crippen LogP contribution in [0.3, 0.4) is 0 Å². The van der Waals surface area contributed by atoms with E-state index in [1.165, 1.54) is 30.9 Å². The number of nitrogens with zero attached hydrogens (tertiary/aromatic N) is 1. The SMILES string of the molecule is CCOP(C)(=O)Oc1cccc([N+](=O)[O-])c1. The fourth-order valence-corrected chi connectivity index (χ4v) is 2.12. The van der Waals surface area contributed by atoms with Crippen LogP contribution in [0, 0.1) is 10.1 Å². The molecule has 1 unspecified atom stereocenters. The van der Waals surface area contributed by atoms with Gasteiger partial charge in [-0.05, 0) is 13.0 Å². The van der Waals surface area contributed by atoms with Crippen molar-refractivity contribution in [2.24, 2.45) is 0 Å². The van der Waals surface area contributed by atoms with E-state index in [9.17, 15) is 14.7 Å². The van der Waals surface area contributed by atoms with Crippen LogP contribution in [0.1, 0.15) is 6.92 Å². The molecule has 1 aromatic rings. The van der Waals surface area contributed by atoms with Gasteiger partial charge in [0.1, 0.15) is 5.75 Å². The third-order valence-corrected chi connectivity index (χ3v) is 2.93. The molecular weight excluding hydrogens is 233 g/mol. The second-order valence-electron chi connectivity index (χ2n) is 3.03. The molecule has 6 nitrogen and oxygen atoms in total. The Kier molecular flexibility index (Phi) is 4.04. The molecule has 0 spiro atoms. The maximum absolute atomic E-state index is 11.7. The lowest BCUT2D eigenvalue weighted by atomic mass is 10.3. The fourth-order valence-electron chi connectivity index (χ4n) is 1.11. The van der Waals surface area contributed by atoms with E-state index >= 15 is 0 Å². The minimum atomic E-state index is -3.19. The molecule has 0 fully saturated rings. The number of benzene rings is 1. The average molecular weight is 245 g/mol. The summed E-state index contributed by atoms with van der Waals surface area (Å²) in [5.74, 6) is 0.161. The van der Waals surface area contributed by atoms with Crippen LogP contribution < -0.4 is 4.52 Å². The molecule has 0 aliphatic rings. The molecule has 0 aromatic heterocycles. The predicted molar refractivity (Wildman–Crippen MR) is 58.9 cm³/mol. The van der Waals surface area contributed by atoms with Crippen LogP contribution in [0.25, 0.3) is 0 Å². The fraction of sp³-hybridized carbons (Fsp3) is 0.333. The smallest absolute Gasteiger partial charge is 0.376 e. The Hall–Kier alpha value is -1.39. The summed E-state index contributed by atoms with van der Waals surface area (Å²) in [5, 5.41) is 10.5. The van der Waals surface area contributed by atoms with Crippen molar-refractivity contribution in [1.29, 1.82) is 0 Å². The maximum atomic E-state index is 11.7. The normalized spacial score (nSPS) is 14.1. The molecule has 1 rings (SSSR count). The Bertz CT molecular complexity index is 434. The van der Waals surface area contributed by atoms with Crippen molar-refractivity contribution in [1.82, 2.24) is 0 Å². The zero-order chi connectivity index (χ0) is 12.2. The molecule has 0 heterocycles. The Morgan fingerprint density at radius 1 is 1.50 bits per heavy atom. The van der Waals surface area contributed by atoms with Crippen LogP contribution in [0.5, 0.6) is 5.75 Å². The summed E-state index contributed by atoms with van der Waals surface area (Å²) in [6.45, 7) is 3.25. The minimum Gasteiger partial charge on any atom is -0.424 e. The van der Waals surface area contributed by atoms with Gasteiger partial charge in [-0.15, -0.1) is 0 Å². The molecule has 0 amide bonds. The Balaban J connectivity index is 2.85. The van der Waals surface area contributed by atoms with Gasteiger partial charge in [0, 0.05) is 12.7 Å². The van der Waals surface area contributed by atoms with E-state index in [-0.39, 0.29) is 18.0 Å². The van der Waals surface area contributed by atoms with E-state index in [4.69, 9.17) is 9.05 Å². The third-order valence-electron chi connectivity index (χ3n) is 1.66. The summed E-state index contributed by atoms with van der Waals surface area (Å²) < 4.78 is 21.6. The lowest BCUT2D eigenvalue weighted by Gasteiger charge is -2.13. The molecule has 0 bridgehead atoms. The summed E-state index contributed by atoms with van der Waals surface area (Å²) in [6, 6.07) is 5.48. The summed E-state index contributed by atoms with van der Waals surface area (Å²) >= 11 is 0. The van der Waals surface area contributed by atoms with Crippen molar-refractivity contribution in [2.45, 2.75) is 6.92 Å². The Morgan fingerprint density at radius 2 is 2.19 bits per heavy atom. The Morgan fingerprint density at radius 3 is 2.75 bits per heavy atom. The molecule has 88 valence electrons. The quantitative estimate of drug-likeness (QED) is 0.452. The van der Waals surface area contributed by atoms with Gasteiger partial charge in [-0.3, -0.25) is 10.1 Å². The van der Waals surface area contributed by atoms with E-state index in [0.717, 1.165) is 0 Å². The second kappa shape index (κ2) is 5.09. The molecule has 0 aliphatic carbocycles. The van der Waals surface area contributed by atoms with Gasteiger partial charge in [0.05, 0.1) is 17.6 Å². The number of non-ortho nitro benzene ring substituents is 1. The highest BCUT2D eigenvalue weighted by Crippen LogP contribution is 2.44. The van der Waals surface area contributed by atoms with Gasteiger partial charge in [-0.1, -0.05) is 6.07 Å². The van der Waals surface area contributed by atoms with Crippen molar-refractivity contribution in [3.63, 3.8) is 0 Å². The molecule has 16 heavy (non-hydrogen) atoms. The largest absolute Gasteiger partial charge is 0.424 e. The van der Waals surface area contributed by atoms with E-state index in [1.54, 1.807) is 6.92 Å². The summed E-state index contributed by atoms with van der Waals surface area (Å²) in [7, 11) is -3.19. The van der Waals surface area contributed by atoms with Crippen LogP contribution in [0.2, 0.25) is 0 Å². The van der Waals surface area contributed by atoms with E-state index in [1.807, 2.05) is 0 Å². The average Bonchev–Trinajstić information content (AvgIpc) is 2.17. The van der Waals surface area contributed by atoms with E-state index < -0.39 is 12.5 Å². The lowest BCUT2D eigenvalue weighted by molar-refractivity contribution is -0.384. The number of nitro benzene ring substituents is 1. The molecule has 0 radical (unpaired) electrons. The highest BCUT2D eigenvalue weighted by molar-refractivity contribution is 7.53. The van der Waals surface area contributed by atoms with Crippen molar-refractivity contribution in [2.75, 3.05) is 13.3 Å². The van der Waals surface area contributed by atoms with Gasteiger partial charge in [0.2, 0.25) is 0 Å². The van der Waals surface area contributed by atoms with Crippen molar-refractivity contribution < 1.29 is 18.5 Å². The summed E-state index contributed by atoms with van der Waals surface area (Å²) in [4.78, 5) is 9.95. The van der Waals surface area contributed by atoms with Crippen molar-refractivity contribution >= 4 is 13.3 Å². The minimum absolute atomic E-state index is 0.117. The number of hydrogen-bond acceptors (Lipinski definition) is 5. The topological polar surface area (TPSA) is 78.7 Å². The van der Waals surface area contributed by atoms with Crippen molar-refractivity contribution in [3.05, 3.63) is 34.4 Å². The first kappa shape index (κ1) is 12.7. The predicted octanol–water partition coefficient (Wildman–Crippen LogP) is 2.83. The van der Waals surface area contributed by atoms with E-state index in [2.05, 4.69) is 0 Å². The van der Waals surface area contributed by atoms with Crippen molar-refractivity contribution in [3.8, 4) is 5.75 Å². The second-order valence-corrected chi connectivity index (χ2v) is 5.02. The van der Waals surface area contributed by atoms with Gasteiger partial charge in [0.15, 0.2) is 0 Å². The van der Waals surface area contributed by atoms with Gasteiger partial charge in [-0.2, -0.15) is 0 Å². The van der Waals surface area contributed by atoms with Gasteiger partial charge in [-0.25, -0.2) is 4.57 Å². The standard InChI is InChI=1S/C9H12NO5P/c1-3-14-16(2,13)15-9-6-4-5-8(7-9)10(11)12/h4-7H,3H2,1-2H3. The number of hydrogen-bond donors (Lipinski definition) is 0. The highest BCUT2D eigenvalue weighted by atomic mass is 31.2. The first-order valence-electron chi connectivity index (χ1n) is 4.60. The van der Waals surface area contributed by atoms with Crippen LogP contribution in [0.15, 0.2) is 24.3 Å². The van der Waals surface area contributed by atoms with Gasteiger partial charge in [0.25, 0.3) is 5.69 Å². The summed E-state index contributed by atoms with van der Waals surface area (Å²) in [6.07, 6.45) is 0. The van der Waals surface area contributed by atoms with Crippen LogP contribution in [-0.2, 0) is 9.09 Å². The molecule has 0 saturated heterocycles. The van der Waals surface area contributed by atoms with Crippen LogP contribution in [-0.4, -0.2) is 18.2 Å². The molecule has 0 saturated carbocycles. The van der Waals surface area contributed by atoms with Crippen LogP contribution in [0.4, 0.5) is 5.69 Å². The van der Waals surface area contributed by atoms with E-state index in [0.29, 0.717) is 0 Å². The highest BCUT2D eigenvalue weighted by Gasteiger charge is 2.18. The molecule has 0 N–H and O–H groups in total. The van der Waals surface area contributed by atoms with Gasteiger partial charge >= 0.3 is 7.60 Å². The maximum Gasteiger partial charge on any atom is 0.376 e. The number of rotatable bonds is 5. The first-order valence-corrected chi connectivity index (χ1v) is 6.59. The van der Waals surface area contributed by atoms with Gasteiger partial charge < -0.3 is 9.05 Å². The zero-order valence-electron chi connectivity index (χ0n) is 8.95. The molecule has 0 aliphatic heterocycles. The van der Waals surface area contributed by atoms with Crippen LogP contribution >= 0.6 is 7.60 Å². The third kappa shape index (κ3) is 3.64. The molecule has 7 heteroatoms. The monoisotopic (exact) mass is 245 g/mol. The summed E-state index contributed by atoms with van der Waals surface area (Å²) in [5.41, 5.74) is -0.117. The molecule has 1 atom stereocenters.